The standard InChI is InChI=1S/C19H22N2O4S/c1-13(2)26(24,25)17-9-5-15(6-10-17)12-19(23)21-16-7-3-14(4-8-16)11-18(20)22/h3-10,13H,11-12H2,1-2H3,(H2,20,22)(H,21,23). The lowest BCUT2D eigenvalue weighted by Crippen LogP contribution is -2.16. The van der Waals surface area contributed by atoms with Crippen LogP contribution in [0.5, 0.6) is 0 Å². The minimum atomic E-state index is -3.32. The van der Waals surface area contributed by atoms with Crippen LogP contribution in [0, 0.1) is 0 Å². The first kappa shape index (κ1) is 19.7. The van der Waals surface area contributed by atoms with Crippen molar-refractivity contribution in [2.24, 2.45) is 5.73 Å². The van der Waals surface area contributed by atoms with Crippen LogP contribution in [0.15, 0.2) is 53.4 Å². The van der Waals surface area contributed by atoms with E-state index in [1.165, 1.54) is 12.1 Å². The van der Waals surface area contributed by atoms with Crippen LogP contribution in [-0.4, -0.2) is 25.5 Å². The molecular weight excluding hydrogens is 352 g/mol. The Morgan fingerprint density at radius 3 is 1.92 bits per heavy atom. The minimum Gasteiger partial charge on any atom is -0.369 e. The molecule has 0 fully saturated rings. The van der Waals surface area contributed by atoms with E-state index in [0.29, 0.717) is 5.69 Å². The molecule has 0 unspecified atom stereocenters. The van der Waals surface area contributed by atoms with E-state index in [1.54, 1.807) is 50.2 Å². The molecule has 7 heteroatoms. The number of amides is 2. The van der Waals surface area contributed by atoms with Gasteiger partial charge in [-0.2, -0.15) is 0 Å². The maximum absolute atomic E-state index is 12.1. The molecule has 2 amide bonds. The molecule has 0 radical (unpaired) electrons. The van der Waals surface area contributed by atoms with Gasteiger partial charge in [0.05, 0.1) is 23.0 Å². The molecule has 0 aliphatic carbocycles. The third-order valence-corrected chi connectivity index (χ3v) is 6.02. The largest absolute Gasteiger partial charge is 0.369 e. The number of primary amides is 1. The van der Waals surface area contributed by atoms with Gasteiger partial charge < -0.3 is 11.1 Å². The van der Waals surface area contributed by atoms with Gasteiger partial charge in [-0.3, -0.25) is 9.59 Å². The van der Waals surface area contributed by atoms with E-state index in [2.05, 4.69) is 5.32 Å². The highest BCUT2D eigenvalue weighted by Crippen LogP contribution is 2.17. The Balaban J connectivity index is 1.98. The molecule has 0 saturated carbocycles. The number of carbonyl (C=O) groups excluding carboxylic acids is 2. The van der Waals surface area contributed by atoms with Crippen molar-refractivity contribution in [1.29, 1.82) is 0 Å². The van der Waals surface area contributed by atoms with Crippen molar-refractivity contribution < 1.29 is 18.0 Å². The lowest BCUT2D eigenvalue weighted by atomic mass is 10.1. The first-order chi connectivity index (χ1) is 12.2. The summed E-state index contributed by atoms with van der Waals surface area (Å²) in [5.74, 6) is -0.628. The first-order valence-electron chi connectivity index (χ1n) is 8.18. The van der Waals surface area contributed by atoms with Crippen LogP contribution in [0.3, 0.4) is 0 Å². The fourth-order valence-corrected chi connectivity index (χ4v) is 3.43. The van der Waals surface area contributed by atoms with E-state index in [-0.39, 0.29) is 23.6 Å². The van der Waals surface area contributed by atoms with Gasteiger partial charge in [0.1, 0.15) is 0 Å². The maximum Gasteiger partial charge on any atom is 0.228 e. The van der Waals surface area contributed by atoms with Crippen molar-refractivity contribution in [3.63, 3.8) is 0 Å². The van der Waals surface area contributed by atoms with E-state index in [0.717, 1.165) is 11.1 Å². The Labute approximate surface area is 153 Å². The molecule has 2 aromatic carbocycles. The number of hydrogen-bond donors (Lipinski definition) is 2. The van der Waals surface area contributed by atoms with E-state index in [1.807, 2.05) is 0 Å². The zero-order chi connectivity index (χ0) is 19.3. The average Bonchev–Trinajstić information content (AvgIpc) is 2.56. The predicted molar refractivity (Wildman–Crippen MR) is 100 cm³/mol. The highest BCUT2D eigenvalue weighted by molar-refractivity contribution is 7.92. The van der Waals surface area contributed by atoms with Crippen LogP contribution >= 0.6 is 0 Å². The summed E-state index contributed by atoms with van der Waals surface area (Å²) in [6, 6.07) is 13.2. The molecule has 0 bridgehead atoms. The van der Waals surface area contributed by atoms with E-state index in [9.17, 15) is 18.0 Å². The Hall–Kier alpha value is -2.67. The quantitative estimate of drug-likeness (QED) is 0.774. The molecule has 0 saturated heterocycles. The van der Waals surface area contributed by atoms with Crippen LogP contribution in [0.25, 0.3) is 0 Å². The molecule has 0 aliphatic heterocycles. The molecule has 26 heavy (non-hydrogen) atoms. The molecule has 0 atom stereocenters. The number of rotatable bonds is 7. The predicted octanol–water partition coefficient (Wildman–Crippen LogP) is 2.08. The first-order valence-corrected chi connectivity index (χ1v) is 9.73. The molecule has 2 rings (SSSR count). The summed E-state index contributed by atoms with van der Waals surface area (Å²) in [7, 11) is -3.32. The fraction of sp³-hybridized carbons (Fsp3) is 0.263. The van der Waals surface area contributed by atoms with Crippen molar-refractivity contribution >= 4 is 27.3 Å². The molecule has 0 aromatic heterocycles. The molecule has 0 spiro atoms. The number of nitrogens with one attached hydrogen (secondary N) is 1. The number of sulfone groups is 1. The number of benzene rings is 2. The van der Waals surface area contributed by atoms with Gasteiger partial charge >= 0.3 is 0 Å². The zero-order valence-corrected chi connectivity index (χ0v) is 15.5. The molecule has 3 N–H and O–H groups in total. The van der Waals surface area contributed by atoms with Crippen LogP contribution in [-0.2, 0) is 32.3 Å². The van der Waals surface area contributed by atoms with Gasteiger partial charge in [-0.05, 0) is 49.2 Å². The summed E-state index contributed by atoms with van der Waals surface area (Å²) < 4.78 is 24.2. The van der Waals surface area contributed by atoms with Crippen LogP contribution in [0.4, 0.5) is 5.69 Å². The lowest BCUT2D eigenvalue weighted by Gasteiger charge is -2.09. The van der Waals surface area contributed by atoms with Crippen molar-refractivity contribution in [3.8, 4) is 0 Å². The molecule has 0 aliphatic rings. The van der Waals surface area contributed by atoms with Crippen molar-refractivity contribution in [1.82, 2.24) is 0 Å². The maximum atomic E-state index is 12.1. The summed E-state index contributed by atoms with van der Waals surface area (Å²) >= 11 is 0. The summed E-state index contributed by atoms with van der Waals surface area (Å²) in [5, 5.41) is 2.27. The molecule has 138 valence electrons. The van der Waals surface area contributed by atoms with Gasteiger partial charge in [0, 0.05) is 5.69 Å². The van der Waals surface area contributed by atoms with Crippen molar-refractivity contribution in [2.45, 2.75) is 36.8 Å². The van der Waals surface area contributed by atoms with E-state index in [4.69, 9.17) is 5.73 Å². The number of anilines is 1. The highest BCUT2D eigenvalue weighted by Gasteiger charge is 2.18. The Morgan fingerprint density at radius 1 is 0.923 bits per heavy atom. The zero-order valence-electron chi connectivity index (χ0n) is 14.7. The smallest absolute Gasteiger partial charge is 0.228 e. The Bertz CT molecular complexity index is 886. The van der Waals surface area contributed by atoms with Crippen LogP contribution in [0.1, 0.15) is 25.0 Å². The van der Waals surface area contributed by atoms with Gasteiger partial charge in [-0.1, -0.05) is 24.3 Å². The van der Waals surface area contributed by atoms with Crippen molar-refractivity contribution in [2.75, 3.05) is 5.32 Å². The molecule has 2 aromatic rings. The normalized spacial score (nSPS) is 11.3. The SMILES string of the molecule is CC(C)S(=O)(=O)c1ccc(CC(=O)Nc2ccc(CC(N)=O)cc2)cc1. The van der Waals surface area contributed by atoms with E-state index < -0.39 is 21.0 Å². The van der Waals surface area contributed by atoms with Gasteiger partial charge in [0.15, 0.2) is 9.84 Å². The Kier molecular flexibility index (Phi) is 6.15. The lowest BCUT2D eigenvalue weighted by molar-refractivity contribution is -0.117. The molecule has 6 nitrogen and oxygen atoms in total. The van der Waals surface area contributed by atoms with Gasteiger partial charge in [0.25, 0.3) is 0 Å². The topological polar surface area (TPSA) is 106 Å². The number of nitrogens with two attached hydrogens (primary N) is 1. The summed E-state index contributed by atoms with van der Waals surface area (Å²) in [6.07, 6.45) is 0.283. The fourth-order valence-electron chi connectivity index (χ4n) is 2.37. The third kappa shape index (κ3) is 5.16. The number of carbonyl (C=O) groups is 2. The highest BCUT2D eigenvalue weighted by atomic mass is 32.2. The molecule has 0 heterocycles. The Morgan fingerprint density at radius 2 is 1.42 bits per heavy atom. The van der Waals surface area contributed by atoms with Gasteiger partial charge in [0.2, 0.25) is 11.8 Å². The third-order valence-electron chi connectivity index (χ3n) is 3.85. The summed E-state index contributed by atoms with van der Waals surface area (Å²) in [5.41, 5.74) is 7.24. The van der Waals surface area contributed by atoms with Crippen LogP contribution in [0.2, 0.25) is 0 Å². The van der Waals surface area contributed by atoms with Crippen LogP contribution < -0.4 is 11.1 Å². The number of hydrogen-bond acceptors (Lipinski definition) is 4. The van der Waals surface area contributed by atoms with Crippen molar-refractivity contribution in [3.05, 3.63) is 59.7 Å². The second kappa shape index (κ2) is 8.14. The summed E-state index contributed by atoms with van der Waals surface area (Å²) in [6.45, 7) is 3.26. The average molecular weight is 374 g/mol. The summed E-state index contributed by atoms with van der Waals surface area (Å²) in [4.78, 5) is 23.3. The monoisotopic (exact) mass is 374 g/mol. The second-order valence-corrected chi connectivity index (χ2v) is 8.81. The minimum absolute atomic E-state index is 0.130. The molecular formula is C19H22N2O4S. The van der Waals surface area contributed by atoms with Gasteiger partial charge in [-0.25, -0.2) is 8.42 Å². The van der Waals surface area contributed by atoms with E-state index >= 15 is 0 Å². The second-order valence-electron chi connectivity index (χ2n) is 6.30. The van der Waals surface area contributed by atoms with Gasteiger partial charge in [-0.15, -0.1) is 0 Å².